The van der Waals surface area contributed by atoms with Crippen LogP contribution in [-0.2, 0) is 9.53 Å². The molecule has 0 aromatic heterocycles. The number of terminal acetylenes is 1. The van der Waals surface area contributed by atoms with Crippen molar-refractivity contribution in [1.82, 2.24) is 0 Å². The van der Waals surface area contributed by atoms with Gasteiger partial charge in [0.05, 0.1) is 5.92 Å². The van der Waals surface area contributed by atoms with Crippen molar-refractivity contribution in [3.63, 3.8) is 0 Å². The van der Waals surface area contributed by atoms with Gasteiger partial charge in [-0.2, -0.15) is 0 Å². The van der Waals surface area contributed by atoms with E-state index in [1.807, 2.05) is 20.8 Å². The summed E-state index contributed by atoms with van der Waals surface area (Å²) in [5.74, 6) is 2.02. The van der Waals surface area contributed by atoms with E-state index < -0.39 is 6.10 Å². The topological polar surface area (TPSA) is 26.3 Å². The van der Waals surface area contributed by atoms with E-state index in [1.54, 1.807) is 6.08 Å². The van der Waals surface area contributed by atoms with Crippen LogP contribution in [0.3, 0.4) is 0 Å². The first-order chi connectivity index (χ1) is 9.73. The molecular formula is C17H22Cl2O2. The first-order valence-corrected chi connectivity index (χ1v) is 7.84. The Morgan fingerprint density at radius 1 is 1.48 bits per heavy atom. The third kappa shape index (κ3) is 4.80. The average Bonchev–Trinajstić information content (AvgIpc) is 2.89. The lowest BCUT2D eigenvalue weighted by Gasteiger charge is -2.13. The van der Waals surface area contributed by atoms with Crippen LogP contribution in [-0.4, -0.2) is 12.1 Å². The Morgan fingerprint density at radius 3 is 2.57 bits per heavy atom. The van der Waals surface area contributed by atoms with Crippen molar-refractivity contribution >= 4 is 29.2 Å². The summed E-state index contributed by atoms with van der Waals surface area (Å²) in [7, 11) is 0. The summed E-state index contributed by atoms with van der Waals surface area (Å²) in [6.45, 7) is 8.02. The van der Waals surface area contributed by atoms with Gasteiger partial charge in [0.1, 0.15) is 4.49 Å². The van der Waals surface area contributed by atoms with Gasteiger partial charge in [-0.15, -0.1) is 6.42 Å². The van der Waals surface area contributed by atoms with Crippen LogP contribution in [0.25, 0.3) is 0 Å². The van der Waals surface area contributed by atoms with Gasteiger partial charge in [-0.05, 0) is 30.8 Å². The molecule has 1 aliphatic rings. The molecule has 21 heavy (non-hydrogen) atoms. The van der Waals surface area contributed by atoms with Gasteiger partial charge in [0.25, 0.3) is 0 Å². The number of allylic oxidation sites excluding steroid dienone is 2. The Labute approximate surface area is 137 Å². The summed E-state index contributed by atoms with van der Waals surface area (Å²) in [5, 5.41) is 0. The fraction of sp³-hybridized carbons (Fsp3) is 0.588. The fourth-order valence-corrected chi connectivity index (χ4v) is 2.92. The quantitative estimate of drug-likeness (QED) is 0.395. The predicted molar refractivity (Wildman–Crippen MR) is 87.9 cm³/mol. The van der Waals surface area contributed by atoms with E-state index >= 15 is 0 Å². The highest BCUT2D eigenvalue weighted by atomic mass is 35.5. The molecule has 0 aliphatic heterocycles. The molecule has 3 atom stereocenters. The molecule has 4 heteroatoms. The van der Waals surface area contributed by atoms with Crippen LogP contribution in [0.5, 0.6) is 0 Å². The number of rotatable bonds is 6. The van der Waals surface area contributed by atoms with Gasteiger partial charge in [-0.3, -0.25) is 4.79 Å². The Bertz CT molecular complexity index is 493. The van der Waals surface area contributed by atoms with Gasteiger partial charge < -0.3 is 4.74 Å². The Morgan fingerprint density at radius 2 is 2.10 bits per heavy atom. The molecule has 0 saturated heterocycles. The van der Waals surface area contributed by atoms with Gasteiger partial charge in [-0.1, -0.05) is 61.5 Å². The SMILES string of the molecule is C#C[C@H](C/C(C)=C/CC)OC(=O)[C@H]1[C@H](C=C(Cl)Cl)C1(C)C. The van der Waals surface area contributed by atoms with Gasteiger partial charge in [0, 0.05) is 6.42 Å². The van der Waals surface area contributed by atoms with E-state index in [1.165, 1.54) is 0 Å². The molecule has 1 saturated carbocycles. The summed E-state index contributed by atoms with van der Waals surface area (Å²) < 4.78 is 5.64. The maximum atomic E-state index is 12.3. The summed E-state index contributed by atoms with van der Waals surface area (Å²) in [6, 6.07) is 0. The lowest BCUT2D eigenvalue weighted by Crippen LogP contribution is -2.20. The molecule has 0 bridgehead atoms. The molecule has 0 unspecified atom stereocenters. The zero-order chi connectivity index (χ0) is 16.2. The number of carbonyl (C=O) groups is 1. The van der Waals surface area contributed by atoms with Gasteiger partial charge in [-0.25, -0.2) is 0 Å². The van der Waals surface area contributed by atoms with Crippen LogP contribution in [0.15, 0.2) is 22.2 Å². The number of hydrogen-bond acceptors (Lipinski definition) is 2. The number of ether oxygens (including phenoxy) is 1. The maximum Gasteiger partial charge on any atom is 0.311 e. The average molecular weight is 329 g/mol. The van der Waals surface area contributed by atoms with E-state index in [0.29, 0.717) is 6.42 Å². The lowest BCUT2D eigenvalue weighted by atomic mass is 10.1. The van der Waals surface area contributed by atoms with Crippen LogP contribution >= 0.6 is 23.2 Å². The van der Waals surface area contributed by atoms with Crippen LogP contribution in [0, 0.1) is 29.6 Å². The molecular weight excluding hydrogens is 307 g/mol. The van der Waals surface area contributed by atoms with Crippen molar-refractivity contribution in [2.75, 3.05) is 0 Å². The molecule has 0 spiro atoms. The molecule has 0 aromatic rings. The van der Waals surface area contributed by atoms with Crippen molar-refractivity contribution in [2.45, 2.75) is 46.6 Å². The highest BCUT2D eigenvalue weighted by Crippen LogP contribution is 2.60. The molecule has 0 aromatic carbocycles. The Balaban J connectivity index is 2.67. The number of hydrogen-bond donors (Lipinski definition) is 0. The molecule has 0 N–H and O–H groups in total. The molecule has 0 amide bonds. The van der Waals surface area contributed by atoms with Crippen LogP contribution in [0.1, 0.15) is 40.5 Å². The molecule has 1 fully saturated rings. The number of carbonyl (C=O) groups excluding carboxylic acids is 1. The van der Waals surface area contributed by atoms with E-state index in [9.17, 15) is 4.79 Å². The smallest absolute Gasteiger partial charge is 0.311 e. The Hall–Kier alpha value is -0.910. The normalized spacial score (nSPS) is 24.7. The van der Waals surface area contributed by atoms with Gasteiger partial charge in [0.2, 0.25) is 0 Å². The van der Waals surface area contributed by atoms with Gasteiger partial charge in [0.15, 0.2) is 6.10 Å². The highest BCUT2D eigenvalue weighted by molar-refractivity contribution is 6.55. The predicted octanol–water partition coefficient (Wildman–Crippen LogP) is 4.87. The summed E-state index contributed by atoms with van der Waals surface area (Å²) in [5.41, 5.74) is 0.933. The third-order valence-electron chi connectivity index (χ3n) is 3.97. The van der Waals surface area contributed by atoms with Crippen molar-refractivity contribution in [1.29, 1.82) is 0 Å². The molecule has 0 radical (unpaired) electrons. The monoisotopic (exact) mass is 328 g/mol. The molecule has 116 valence electrons. The standard InChI is InChI=1S/C17H22Cl2O2/c1-6-8-11(3)9-12(7-2)21-16(20)15-13(10-14(18)19)17(15,4)5/h2,8,10,12-13,15H,6,9H2,1,3-5H3/b11-8+/t12-,13+,15-/m1/s1. The van der Waals surface area contributed by atoms with Crippen LogP contribution in [0.2, 0.25) is 0 Å². The third-order valence-corrected chi connectivity index (χ3v) is 4.23. The summed E-state index contributed by atoms with van der Waals surface area (Å²) >= 11 is 11.4. The second-order valence-corrected chi connectivity index (χ2v) is 7.04. The van der Waals surface area contributed by atoms with E-state index in [2.05, 4.69) is 18.9 Å². The second-order valence-electron chi connectivity index (χ2n) is 6.04. The van der Waals surface area contributed by atoms with E-state index in [-0.39, 0.29) is 27.7 Å². The second kappa shape index (κ2) is 7.38. The van der Waals surface area contributed by atoms with E-state index in [0.717, 1.165) is 12.0 Å². The van der Waals surface area contributed by atoms with Crippen molar-refractivity contribution in [3.8, 4) is 12.3 Å². The van der Waals surface area contributed by atoms with E-state index in [4.69, 9.17) is 34.4 Å². The molecule has 0 heterocycles. The largest absolute Gasteiger partial charge is 0.449 e. The Kier molecular flexibility index (Phi) is 6.38. The van der Waals surface area contributed by atoms with Crippen molar-refractivity contribution < 1.29 is 9.53 Å². The number of halogens is 2. The zero-order valence-electron chi connectivity index (χ0n) is 13.0. The summed E-state index contributed by atoms with van der Waals surface area (Å²) in [4.78, 5) is 12.3. The maximum absolute atomic E-state index is 12.3. The summed E-state index contributed by atoms with van der Waals surface area (Å²) in [6.07, 6.45) is 10.2. The van der Waals surface area contributed by atoms with Gasteiger partial charge >= 0.3 is 5.97 Å². The first-order valence-electron chi connectivity index (χ1n) is 7.09. The zero-order valence-corrected chi connectivity index (χ0v) is 14.5. The fourth-order valence-electron chi connectivity index (χ4n) is 2.65. The van der Waals surface area contributed by atoms with Crippen molar-refractivity contribution in [2.24, 2.45) is 17.3 Å². The minimum atomic E-state index is -0.521. The van der Waals surface area contributed by atoms with Crippen LogP contribution in [0.4, 0.5) is 0 Å². The minimum absolute atomic E-state index is 0.000653. The molecule has 1 aliphatic carbocycles. The molecule has 1 rings (SSSR count). The highest BCUT2D eigenvalue weighted by Gasteiger charge is 2.61. The van der Waals surface area contributed by atoms with Crippen LogP contribution < -0.4 is 0 Å². The van der Waals surface area contributed by atoms with Crippen molar-refractivity contribution in [3.05, 3.63) is 22.2 Å². The lowest BCUT2D eigenvalue weighted by molar-refractivity contribution is -0.149. The number of esters is 1. The molecule has 2 nitrogen and oxygen atoms in total. The first kappa shape index (κ1) is 18.1. The minimum Gasteiger partial charge on any atom is -0.449 e.